The first-order chi connectivity index (χ1) is 21.4. The van der Waals surface area contributed by atoms with Crippen LogP contribution in [0.5, 0.6) is 0 Å². The molecule has 0 aromatic rings. The second kappa shape index (κ2) is 32.2. The Bertz CT molecular complexity index is 709. The number of phosphoric acid groups is 1. The minimum absolute atomic E-state index is 0.0807. The van der Waals surface area contributed by atoms with E-state index < -0.39 is 20.0 Å². The summed E-state index contributed by atoms with van der Waals surface area (Å²) in [5, 5.41) is 13.5. The molecule has 0 heterocycles. The highest BCUT2D eigenvalue weighted by atomic mass is 31.2. The van der Waals surface area contributed by atoms with E-state index in [0.29, 0.717) is 6.42 Å². The Morgan fingerprint density at radius 1 is 0.727 bits per heavy atom. The van der Waals surface area contributed by atoms with Crippen LogP contribution < -0.4 is 11.1 Å². The van der Waals surface area contributed by atoms with E-state index in [1.807, 2.05) is 6.08 Å². The molecule has 0 aliphatic carbocycles. The molecule has 1 amide bonds. The van der Waals surface area contributed by atoms with Crippen LogP contribution in [0, 0.1) is 0 Å². The number of hydrogen-bond donors (Lipinski definition) is 4. The summed E-state index contributed by atoms with van der Waals surface area (Å²) in [6.07, 6.45) is 32.6. The summed E-state index contributed by atoms with van der Waals surface area (Å²) in [5.41, 5.74) is 5.34. The van der Waals surface area contributed by atoms with Gasteiger partial charge in [-0.25, -0.2) is 4.57 Å². The molecule has 262 valence electrons. The van der Waals surface area contributed by atoms with Crippen molar-refractivity contribution >= 4 is 13.7 Å². The normalized spacial score (nSPS) is 14.6. The molecule has 0 aromatic carbocycles. The first-order valence-corrected chi connectivity index (χ1v) is 19.8. The van der Waals surface area contributed by atoms with E-state index in [4.69, 9.17) is 14.8 Å². The zero-order valence-electron chi connectivity index (χ0n) is 28.7. The zero-order chi connectivity index (χ0) is 32.6. The number of phosphoric ester groups is 1. The van der Waals surface area contributed by atoms with Crippen molar-refractivity contribution in [1.29, 1.82) is 0 Å². The predicted molar refractivity (Wildman–Crippen MR) is 185 cm³/mol. The van der Waals surface area contributed by atoms with E-state index in [1.165, 1.54) is 116 Å². The van der Waals surface area contributed by atoms with Gasteiger partial charge < -0.3 is 21.1 Å². The average molecular weight is 647 g/mol. The molecule has 0 aliphatic rings. The lowest BCUT2D eigenvalue weighted by Gasteiger charge is -2.23. The van der Waals surface area contributed by atoms with Crippen LogP contribution in [0.25, 0.3) is 0 Å². The molecule has 0 aliphatic heterocycles. The number of hydrogen-bond acceptors (Lipinski definition) is 6. The summed E-state index contributed by atoms with van der Waals surface area (Å²) in [6, 6.07) is -0.851. The number of unbranched alkanes of at least 4 members (excludes halogenated alkanes) is 22. The molecule has 0 saturated carbocycles. The van der Waals surface area contributed by atoms with Gasteiger partial charge in [0.25, 0.3) is 0 Å². The number of aliphatic hydroxyl groups is 1. The van der Waals surface area contributed by atoms with Gasteiger partial charge in [0.2, 0.25) is 5.91 Å². The van der Waals surface area contributed by atoms with Gasteiger partial charge in [-0.15, -0.1) is 0 Å². The Hall–Kier alpha value is -0.760. The molecule has 8 nitrogen and oxygen atoms in total. The number of aliphatic hydroxyl groups excluding tert-OH is 1. The van der Waals surface area contributed by atoms with Gasteiger partial charge in [-0.05, 0) is 19.3 Å². The van der Waals surface area contributed by atoms with Crippen molar-refractivity contribution < 1.29 is 28.4 Å². The Balaban J connectivity index is 4.23. The van der Waals surface area contributed by atoms with E-state index in [1.54, 1.807) is 6.08 Å². The summed E-state index contributed by atoms with van der Waals surface area (Å²) in [7, 11) is -4.32. The van der Waals surface area contributed by atoms with Crippen molar-refractivity contribution in [3.05, 3.63) is 12.2 Å². The molecular weight excluding hydrogens is 575 g/mol. The summed E-state index contributed by atoms with van der Waals surface area (Å²) in [6.45, 7) is 4.10. The molecule has 0 radical (unpaired) electrons. The Morgan fingerprint density at radius 2 is 1.16 bits per heavy atom. The summed E-state index contributed by atoms with van der Waals surface area (Å²) in [4.78, 5) is 22.5. The maximum atomic E-state index is 12.6. The van der Waals surface area contributed by atoms with Gasteiger partial charge in [0.1, 0.15) is 0 Å². The van der Waals surface area contributed by atoms with Crippen molar-refractivity contribution in [2.24, 2.45) is 5.73 Å². The molecule has 3 atom stereocenters. The highest BCUT2D eigenvalue weighted by Crippen LogP contribution is 2.43. The van der Waals surface area contributed by atoms with Crippen molar-refractivity contribution in [3.63, 3.8) is 0 Å². The fourth-order valence-electron chi connectivity index (χ4n) is 5.31. The van der Waals surface area contributed by atoms with Crippen LogP contribution in [0.3, 0.4) is 0 Å². The van der Waals surface area contributed by atoms with Crippen LogP contribution in [-0.4, -0.2) is 47.8 Å². The lowest BCUT2D eigenvalue weighted by Crippen LogP contribution is -2.45. The molecule has 0 rings (SSSR count). The van der Waals surface area contributed by atoms with Crippen LogP contribution in [-0.2, 0) is 18.4 Å². The second-order valence-corrected chi connectivity index (χ2v) is 13.9. The number of carbonyl (C=O) groups is 1. The maximum absolute atomic E-state index is 12.6. The minimum atomic E-state index is -4.32. The van der Waals surface area contributed by atoms with Gasteiger partial charge in [0.05, 0.1) is 25.4 Å². The summed E-state index contributed by atoms with van der Waals surface area (Å²) in [5.74, 6) is -0.195. The van der Waals surface area contributed by atoms with Crippen LogP contribution in [0.2, 0.25) is 0 Å². The van der Waals surface area contributed by atoms with Gasteiger partial charge in [-0.3, -0.25) is 13.8 Å². The third-order valence-electron chi connectivity index (χ3n) is 8.11. The first-order valence-electron chi connectivity index (χ1n) is 18.3. The number of nitrogens with one attached hydrogen (secondary N) is 1. The number of amides is 1. The lowest BCUT2D eigenvalue weighted by atomic mass is 10.0. The fraction of sp³-hybridized carbons (Fsp3) is 0.914. The van der Waals surface area contributed by atoms with Crippen LogP contribution in [0.4, 0.5) is 0 Å². The van der Waals surface area contributed by atoms with Gasteiger partial charge >= 0.3 is 7.82 Å². The highest BCUT2D eigenvalue weighted by molar-refractivity contribution is 7.47. The Labute approximate surface area is 271 Å². The lowest BCUT2D eigenvalue weighted by molar-refractivity contribution is -0.123. The second-order valence-electron chi connectivity index (χ2n) is 12.4. The molecule has 0 fully saturated rings. The molecular formula is C35H71N2O6P. The highest BCUT2D eigenvalue weighted by Gasteiger charge is 2.26. The van der Waals surface area contributed by atoms with Crippen LogP contribution in [0.1, 0.15) is 174 Å². The molecule has 1 unspecified atom stereocenters. The summed E-state index contributed by atoms with van der Waals surface area (Å²) >= 11 is 0. The van der Waals surface area contributed by atoms with Crippen LogP contribution in [0.15, 0.2) is 12.2 Å². The number of nitrogens with two attached hydrogens (primary N) is 1. The minimum Gasteiger partial charge on any atom is -0.387 e. The Kier molecular flexibility index (Phi) is 31.6. The smallest absolute Gasteiger partial charge is 0.387 e. The van der Waals surface area contributed by atoms with Crippen molar-refractivity contribution in [3.8, 4) is 0 Å². The molecule has 0 spiro atoms. The standard InChI is InChI=1S/C35H71N2O6P/c1-3-5-7-9-11-13-14-15-16-17-18-19-21-23-25-27-29-35(39)37-33(32-43-44(40,41)42-31-30-36)34(38)28-26-24-22-20-12-10-8-6-4-2/h26,28,33-34,38H,3-25,27,29-32,36H2,1-2H3,(H,37,39)(H,40,41)/b28-26+/t33-,34+/m0/s1. The van der Waals surface area contributed by atoms with Gasteiger partial charge in [0, 0.05) is 13.0 Å². The van der Waals surface area contributed by atoms with Gasteiger partial charge in [-0.2, -0.15) is 0 Å². The third-order valence-corrected chi connectivity index (χ3v) is 9.10. The fourth-order valence-corrected chi connectivity index (χ4v) is 6.07. The van der Waals surface area contributed by atoms with Crippen molar-refractivity contribution in [2.45, 2.75) is 187 Å². The third kappa shape index (κ3) is 29.9. The van der Waals surface area contributed by atoms with Crippen molar-refractivity contribution in [1.82, 2.24) is 5.32 Å². The maximum Gasteiger partial charge on any atom is 0.472 e. The largest absolute Gasteiger partial charge is 0.472 e. The molecule has 5 N–H and O–H groups in total. The SMILES string of the molecule is CCCCCCCCC/C=C/[C@@H](O)[C@H](COP(=O)(O)OCCN)NC(=O)CCCCCCCCCCCCCCCCCC. The monoisotopic (exact) mass is 647 g/mol. The van der Waals surface area contributed by atoms with Gasteiger partial charge in [0.15, 0.2) is 0 Å². The Morgan fingerprint density at radius 3 is 1.61 bits per heavy atom. The average Bonchev–Trinajstić information content (AvgIpc) is 3.01. The first kappa shape index (κ1) is 43.2. The number of carbonyl (C=O) groups excluding carboxylic acids is 1. The quantitative estimate of drug-likeness (QED) is 0.0311. The molecule has 9 heteroatoms. The zero-order valence-corrected chi connectivity index (χ0v) is 29.6. The van der Waals surface area contributed by atoms with Crippen LogP contribution >= 0.6 is 7.82 Å². The summed E-state index contributed by atoms with van der Waals surface area (Å²) < 4.78 is 21.9. The van der Waals surface area contributed by atoms with Gasteiger partial charge in [-0.1, -0.05) is 161 Å². The van der Waals surface area contributed by atoms with E-state index in [-0.39, 0.29) is 25.7 Å². The molecule has 0 bridgehead atoms. The molecule has 44 heavy (non-hydrogen) atoms. The van der Waals surface area contributed by atoms with E-state index >= 15 is 0 Å². The van der Waals surface area contributed by atoms with E-state index in [9.17, 15) is 19.4 Å². The van der Waals surface area contributed by atoms with Crippen molar-refractivity contribution in [2.75, 3.05) is 19.8 Å². The number of allylic oxidation sites excluding steroid dienone is 1. The van der Waals surface area contributed by atoms with E-state index in [0.717, 1.165) is 38.5 Å². The topological polar surface area (TPSA) is 131 Å². The predicted octanol–water partition coefficient (Wildman–Crippen LogP) is 9.27. The molecule has 0 saturated heterocycles. The number of rotatable bonds is 34. The molecule has 0 aromatic heterocycles. The van der Waals surface area contributed by atoms with E-state index in [2.05, 4.69) is 19.2 Å².